The molecule has 2 atom stereocenters. The van der Waals surface area contributed by atoms with E-state index >= 15 is 0 Å². The summed E-state index contributed by atoms with van der Waals surface area (Å²) >= 11 is 0. The standard InChI is InChI=1S/C9H14FNO/c10-9(7-3-1-5-11-7)8-4-2-6-12-8/h4,7,9,11H,1-3,5-6H2. The van der Waals surface area contributed by atoms with Crippen molar-refractivity contribution in [2.75, 3.05) is 13.2 Å². The van der Waals surface area contributed by atoms with Crippen LogP contribution in [-0.4, -0.2) is 25.4 Å². The molecule has 3 heteroatoms. The zero-order valence-electron chi connectivity index (χ0n) is 7.05. The van der Waals surface area contributed by atoms with E-state index < -0.39 is 6.17 Å². The Labute approximate surface area is 71.8 Å². The maximum absolute atomic E-state index is 13.6. The lowest BCUT2D eigenvalue weighted by molar-refractivity contribution is 0.160. The fourth-order valence-corrected chi connectivity index (χ4v) is 1.79. The van der Waals surface area contributed by atoms with Crippen molar-refractivity contribution < 1.29 is 9.13 Å². The summed E-state index contributed by atoms with van der Waals surface area (Å²) in [6.45, 7) is 1.60. The lowest BCUT2D eigenvalue weighted by Crippen LogP contribution is -2.33. The number of ether oxygens (including phenoxy) is 1. The van der Waals surface area contributed by atoms with Crippen molar-refractivity contribution in [3.05, 3.63) is 11.8 Å². The summed E-state index contributed by atoms with van der Waals surface area (Å²) in [6, 6.07) is -0.00523. The predicted molar refractivity (Wildman–Crippen MR) is 44.6 cm³/mol. The smallest absolute Gasteiger partial charge is 0.172 e. The predicted octanol–water partition coefficient (Wildman–Crippen LogP) is 1.38. The Kier molecular flexibility index (Phi) is 2.30. The van der Waals surface area contributed by atoms with Gasteiger partial charge in [0.25, 0.3) is 0 Å². The molecule has 2 heterocycles. The third-order valence-corrected chi connectivity index (χ3v) is 2.46. The monoisotopic (exact) mass is 171 g/mol. The molecule has 2 rings (SSSR count). The summed E-state index contributed by atoms with van der Waals surface area (Å²) in [7, 11) is 0. The van der Waals surface area contributed by atoms with Crippen LogP contribution in [0.4, 0.5) is 4.39 Å². The van der Waals surface area contributed by atoms with Gasteiger partial charge in [0, 0.05) is 12.5 Å². The summed E-state index contributed by atoms with van der Waals surface area (Å²) in [5, 5.41) is 3.14. The van der Waals surface area contributed by atoms with Crippen molar-refractivity contribution >= 4 is 0 Å². The van der Waals surface area contributed by atoms with Gasteiger partial charge in [0.1, 0.15) is 5.76 Å². The first kappa shape index (κ1) is 8.05. The number of hydrogen-bond acceptors (Lipinski definition) is 2. The minimum Gasteiger partial charge on any atom is -0.495 e. The van der Waals surface area contributed by atoms with Gasteiger partial charge in [0.05, 0.1) is 6.61 Å². The number of hydrogen-bond donors (Lipinski definition) is 1. The Morgan fingerprint density at radius 1 is 1.67 bits per heavy atom. The van der Waals surface area contributed by atoms with Gasteiger partial charge in [-0.1, -0.05) is 0 Å². The highest BCUT2D eigenvalue weighted by atomic mass is 19.1. The van der Waals surface area contributed by atoms with E-state index in [0.29, 0.717) is 12.4 Å². The van der Waals surface area contributed by atoms with Crippen LogP contribution in [0.5, 0.6) is 0 Å². The molecule has 0 aliphatic carbocycles. The first-order chi connectivity index (χ1) is 5.88. The highest BCUT2D eigenvalue weighted by molar-refractivity contribution is 5.08. The van der Waals surface area contributed by atoms with Crippen LogP contribution in [0.3, 0.4) is 0 Å². The third kappa shape index (κ3) is 1.46. The second-order valence-electron chi connectivity index (χ2n) is 3.35. The Hall–Kier alpha value is -0.570. The fraction of sp³-hybridized carbons (Fsp3) is 0.778. The molecule has 2 unspecified atom stereocenters. The first-order valence-electron chi connectivity index (χ1n) is 4.58. The third-order valence-electron chi connectivity index (χ3n) is 2.46. The Balaban J connectivity index is 1.93. The number of rotatable bonds is 2. The molecule has 0 spiro atoms. The van der Waals surface area contributed by atoms with Crippen molar-refractivity contribution in [2.45, 2.75) is 31.5 Å². The van der Waals surface area contributed by atoms with Gasteiger partial charge in [-0.05, 0) is 25.5 Å². The average Bonchev–Trinajstić information content (AvgIpc) is 2.77. The van der Waals surface area contributed by atoms with Gasteiger partial charge < -0.3 is 10.1 Å². The molecule has 68 valence electrons. The molecule has 2 aliphatic heterocycles. The summed E-state index contributed by atoms with van der Waals surface area (Å²) in [5.74, 6) is 0.550. The lowest BCUT2D eigenvalue weighted by atomic mass is 10.1. The maximum Gasteiger partial charge on any atom is 0.172 e. The van der Waals surface area contributed by atoms with Crippen LogP contribution in [0, 0.1) is 0 Å². The van der Waals surface area contributed by atoms with Gasteiger partial charge in [0.15, 0.2) is 6.17 Å². The summed E-state index contributed by atoms with van der Waals surface area (Å²) in [5.41, 5.74) is 0. The second kappa shape index (κ2) is 3.44. The first-order valence-corrected chi connectivity index (χ1v) is 4.58. The van der Waals surface area contributed by atoms with Crippen LogP contribution < -0.4 is 5.32 Å². The zero-order valence-corrected chi connectivity index (χ0v) is 7.05. The molecular weight excluding hydrogens is 157 g/mol. The molecular formula is C9H14FNO. The molecule has 1 saturated heterocycles. The van der Waals surface area contributed by atoms with Gasteiger partial charge >= 0.3 is 0 Å². The molecule has 0 aromatic carbocycles. The van der Waals surface area contributed by atoms with Gasteiger partial charge in [-0.3, -0.25) is 0 Å². The normalized spacial score (nSPS) is 31.4. The topological polar surface area (TPSA) is 21.3 Å². The zero-order chi connectivity index (χ0) is 8.39. The fourth-order valence-electron chi connectivity index (χ4n) is 1.79. The van der Waals surface area contributed by atoms with E-state index in [2.05, 4.69) is 5.32 Å². The van der Waals surface area contributed by atoms with Gasteiger partial charge in [-0.25, -0.2) is 4.39 Å². The highest BCUT2D eigenvalue weighted by Gasteiger charge is 2.29. The largest absolute Gasteiger partial charge is 0.495 e. The maximum atomic E-state index is 13.6. The Morgan fingerprint density at radius 3 is 3.17 bits per heavy atom. The molecule has 0 aromatic rings. The summed E-state index contributed by atoms with van der Waals surface area (Å²) < 4.78 is 18.7. The van der Waals surface area contributed by atoms with Crippen LogP contribution in [0.25, 0.3) is 0 Å². The lowest BCUT2D eigenvalue weighted by Gasteiger charge is -2.16. The average molecular weight is 171 g/mol. The van der Waals surface area contributed by atoms with Crippen LogP contribution in [0.1, 0.15) is 19.3 Å². The van der Waals surface area contributed by atoms with E-state index in [1.165, 1.54) is 0 Å². The van der Waals surface area contributed by atoms with Gasteiger partial charge in [0.2, 0.25) is 0 Å². The number of halogens is 1. The molecule has 0 aromatic heterocycles. The van der Waals surface area contributed by atoms with E-state index in [0.717, 1.165) is 25.8 Å². The van der Waals surface area contributed by atoms with Crippen LogP contribution in [0.15, 0.2) is 11.8 Å². The van der Waals surface area contributed by atoms with Crippen molar-refractivity contribution in [2.24, 2.45) is 0 Å². The summed E-state index contributed by atoms with van der Waals surface area (Å²) in [6.07, 6.45) is 3.82. The molecule has 2 nitrogen and oxygen atoms in total. The highest BCUT2D eigenvalue weighted by Crippen LogP contribution is 2.22. The SMILES string of the molecule is FC(C1=CCCO1)C1CCCN1. The molecule has 0 saturated carbocycles. The van der Waals surface area contributed by atoms with E-state index in [4.69, 9.17) is 4.74 Å². The minimum atomic E-state index is -0.921. The van der Waals surface area contributed by atoms with Crippen LogP contribution >= 0.6 is 0 Å². The number of alkyl halides is 1. The molecule has 1 N–H and O–H groups in total. The molecule has 0 amide bonds. The van der Waals surface area contributed by atoms with E-state index in [9.17, 15) is 4.39 Å². The van der Waals surface area contributed by atoms with Crippen molar-refractivity contribution in [1.29, 1.82) is 0 Å². The van der Waals surface area contributed by atoms with Crippen molar-refractivity contribution in [1.82, 2.24) is 5.32 Å². The molecule has 1 fully saturated rings. The Bertz CT molecular complexity index is 187. The minimum absolute atomic E-state index is 0.00523. The summed E-state index contributed by atoms with van der Waals surface area (Å²) in [4.78, 5) is 0. The van der Waals surface area contributed by atoms with Gasteiger partial charge in [-0.15, -0.1) is 0 Å². The molecule has 12 heavy (non-hydrogen) atoms. The van der Waals surface area contributed by atoms with E-state index in [1.54, 1.807) is 0 Å². The Morgan fingerprint density at radius 2 is 2.58 bits per heavy atom. The van der Waals surface area contributed by atoms with Gasteiger partial charge in [-0.2, -0.15) is 0 Å². The molecule has 0 radical (unpaired) electrons. The second-order valence-corrected chi connectivity index (χ2v) is 3.35. The van der Waals surface area contributed by atoms with E-state index in [-0.39, 0.29) is 6.04 Å². The van der Waals surface area contributed by atoms with Crippen molar-refractivity contribution in [3.8, 4) is 0 Å². The molecule has 2 aliphatic rings. The molecule has 0 bridgehead atoms. The van der Waals surface area contributed by atoms with E-state index in [1.807, 2.05) is 6.08 Å². The quantitative estimate of drug-likeness (QED) is 0.677. The number of nitrogens with one attached hydrogen (secondary N) is 1. The van der Waals surface area contributed by atoms with Crippen LogP contribution in [-0.2, 0) is 4.74 Å². The van der Waals surface area contributed by atoms with Crippen molar-refractivity contribution in [3.63, 3.8) is 0 Å². The van der Waals surface area contributed by atoms with Crippen LogP contribution in [0.2, 0.25) is 0 Å².